The molecule has 0 spiro atoms. The number of hydrogen-bond acceptors (Lipinski definition) is 5. The molecule has 1 saturated carbocycles. The number of carbonyl (C=O) groups excluding carboxylic acids is 2. The zero-order valence-electron chi connectivity index (χ0n) is 13.9. The maximum Gasteiger partial charge on any atom is 0.323 e. The Bertz CT molecular complexity index is 527. The molecule has 126 valence electrons. The first-order valence-electron chi connectivity index (χ1n) is 7.92. The van der Waals surface area contributed by atoms with E-state index in [0.717, 1.165) is 12.2 Å². The normalized spacial score (nSPS) is 22.6. The first-order chi connectivity index (χ1) is 11.1. The topological polar surface area (TPSA) is 52.6 Å². The monoisotopic (exact) mass is 336 g/mol. The Morgan fingerprint density at radius 1 is 1.09 bits per heavy atom. The lowest BCUT2D eigenvalue weighted by Crippen LogP contribution is -2.39. The van der Waals surface area contributed by atoms with Crippen LogP contribution in [0.4, 0.5) is 0 Å². The fourth-order valence-electron chi connectivity index (χ4n) is 3.51. The summed E-state index contributed by atoms with van der Waals surface area (Å²) in [6, 6.07) is 10.2. The Morgan fingerprint density at radius 2 is 1.65 bits per heavy atom. The van der Waals surface area contributed by atoms with Gasteiger partial charge in [0, 0.05) is 10.6 Å². The molecule has 1 aromatic rings. The van der Waals surface area contributed by atoms with Crippen molar-refractivity contribution in [3.05, 3.63) is 30.3 Å². The zero-order chi connectivity index (χ0) is 16.9. The molecular weight excluding hydrogens is 312 g/mol. The second-order valence-corrected chi connectivity index (χ2v) is 7.12. The summed E-state index contributed by atoms with van der Waals surface area (Å²) in [4.78, 5) is 25.8. The van der Waals surface area contributed by atoms with Crippen molar-refractivity contribution in [2.75, 3.05) is 20.0 Å². The molecule has 0 amide bonds. The van der Waals surface area contributed by atoms with Gasteiger partial charge < -0.3 is 9.47 Å². The van der Waals surface area contributed by atoms with Gasteiger partial charge in [-0.05, 0) is 36.8 Å². The Kier molecular flexibility index (Phi) is 6.10. The van der Waals surface area contributed by atoms with Crippen LogP contribution in [0.1, 0.15) is 26.2 Å². The molecular formula is C18H24O4S. The molecule has 0 radical (unpaired) electrons. The van der Waals surface area contributed by atoms with E-state index in [2.05, 4.69) is 19.1 Å². The molecule has 23 heavy (non-hydrogen) atoms. The van der Waals surface area contributed by atoms with Crippen LogP contribution < -0.4 is 0 Å². The van der Waals surface area contributed by atoms with E-state index >= 15 is 0 Å². The van der Waals surface area contributed by atoms with E-state index in [1.54, 1.807) is 11.8 Å². The number of esters is 2. The molecule has 1 aromatic carbocycles. The summed E-state index contributed by atoms with van der Waals surface area (Å²) in [6.45, 7) is 2.11. The minimum absolute atomic E-state index is 0.295. The van der Waals surface area contributed by atoms with E-state index in [1.165, 1.54) is 19.1 Å². The van der Waals surface area contributed by atoms with Crippen LogP contribution in [0.25, 0.3) is 0 Å². The van der Waals surface area contributed by atoms with Gasteiger partial charge >= 0.3 is 11.9 Å². The van der Waals surface area contributed by atoms with Crippen LogP contribution >= 0.6 is 11.8 Å². The smallest absolute Gasteiger partial charge is 0.323 e. The summed E-state index contributed by atoms with van der Waals surface area (Å²) < 4.78 is 9.84. The average Bonchev–Trinajstić information content (AvgIpc) is 2.99. The SMILES string of the molecule is CCC1CC(C(=O)OC)(C(=O)OC)CC1CSc1ccccc1. The van der Waals surface area contributed by atoms with Gasteiger partial charge in [-0.15, -0.1) is 11.8 Å². The predicted molar refractivity (Wildman–Crippen MR) is 90.1 cm³/mol. The molecule has 0 aliphatic heterocycles. The lowest BCUT2D eigenvalue weighted by Gasteiger charge is -2.23. The van der Waals surface area contributed by atoms with Gasteiger partial charge in [-0.25, -0.2) is 0 Å². The predicted octanol–water partition coefficient (Wildman–Crippen LogP) is 3.55. The Morgan fingerprint density at radius 3 is 2.17 bits per heavy atom. The highest BCUT2D eigenvalue weighted by Gasteiger charge is 2.56. The van der Waals surface area contributed by atoms with Crippen molar-refractivity contribution >= 4 is 23.7 Å². The standard InChI is InChI=1S/C18H24O4S/c1-4-13-10-18(16(19)21-2,17(20)22-3)11-14(13)12-23-15-8-6-5-7-9-15/h5-9,13-14H,4,10-12H2,1-3H3. The number of carbonyl (C=O) groups is 2. The van der Waals surface area contributed by atoms with Crippen LogP contribution in [-0.4, -0.2) is 31.9 Å². The van der Waals surface area contributed by atoms with Gasteiger partial charge in [0.1, 0.15) is 0 Å². The van der Waals surface area contributed by atoms with Crippen molar-refractivity contribution in [1.82, 2.24) is 0 Å². The van der Waals surface area contributed by atoms with Gasteiger partial charge in [0.15, 0.2) is 5.41 Å². The second-order valence-electron chi connectivity index (χ2n) is 6.03. The number of rotatable bonds is 6. The van der Waals surface area contributed by atoms with Crippen molar-refractivity contribution in [3.63, 3.8) is 0 Å². The molecule has 2 rings (SSSR count). The third kappa shape index (κ3) is 3.71. The van der Waals surface area contributed by atoms with Gasteiger partial charge in [-0.1, -0.05) is 31.5 Å². The molecule has 1 fully saturated rings. The van der Waals surface area contributed by atoms with Gasteiger partial charge in [0.05, 0.1) is 14.2 Å². The first kappa shape index (κ1) is 17.9. The van der Waals surface area contributed by atoms with Crippen LogP contribution in [0.15, 0.2) is 35.2 Å². The van der Waals surface area contributed by atoms with E-state index < -0.39 is 17.4 Å². The summed E-state index contributed by atoms with van der Waals surface area (Å²) in [7, 11) is 2.67. The molecule has 0 aromatic heterocycles. The van der Waals surface area contributed by atoms with E-state index in [9.17, 15) is 9.59 Å². The van der Waals surface area contributed by atoms with Crippen molar-refractivity contribution < 1.29 is 19.1 Å². The highest BCUT2D eigenvalue weighted by molar-refractivity contribution is 7.99. The van der Waals surface area contributed by atoms with Gasteiger partial charge in [-0.2, -0.15) is 0 Å². The quantitative estimate of drug-likeness (QED) is 0.452. The molecule has 0 bridgehead atoms. The summed E-state index contributed by atoms with van der Waals surface area (Å²) in [5, 5.41) is 0. The molecule has 1 aliphatic carbocycles. The lowest BCUT2D eigenvalue weighted by molar-refractivity contribution is -0.169. The van der Waals surface area contributed by atoms with Gasteiger partial charge in [0.2, 0.25) is 0 Å². The Balaban J connectivity index is 2.14. The summed E-state index contributed by atoms with van der Waals surface area (Å²) in [5.41, 5.74) is -1.13. The average molecular weight is 336 g/mol. The van der Waals surface area contributed by atoms with Crippen molar-refractivity contribution in [2.24, 2.45) is 17.3 Å². The van der Waals surface area contributed by atoms with Gasteiger partial charge in [-0.3, -0.25) is 9.59 Å². The van der Waals surface area contributed by atoms with Gasteiger partial charge in [0.25, 0.3) is 0 Å². The third-order valence-electron chi connectivity index (χ3n) is 4.77. The van der Waals surface area contributed by atoms with Crippen molar-refractivity contribution in [2.45, 2.75) is 31.1 Å². The maximum absolute atomic E-state index is 12.3. The number of benzene rings is 1. The number of ether oxygens (including phenoxy) is 2. The molecule has 4 nitrogen and oxygen atoms in total. The number of hydrogen-bond donors (Lipinski definition) is 0. The summed E-state index contributed by atoms with van der Waals surface area (Å²) in [5.74, 6) is 0.580. The first-order valence-corrected chi connectivity index (χ1v) is 8.90. The van der Waals surface area contributed by atoms with E-state index in [1.807, 2.05) is 18.2 Å². The van der Waals surface area contributed by atoms with Crippen molar-refractivity contribution in [3.8, 4) is 0 Å². The van der Waals surface area contributed by atoms with Crippen LogP contribution in [-0.2, 0) is 19.1 Å². The molecule has 1 aliphatic rings. The fourth-order valence-corrected chi connectivity index (χ4v) is 4.66. The minimum Gasteiger partial charge on any atom is -0.468 e. The highest BCUT2D eigenvalue weighted by Crippen LogP contribution is 2.50. The second kappa shape index (κ2) is 7.86. The molecule has 5 heteroatoms. The molecule has 2 unspecified atom stereocenters. The van der Waals surface area contributed by atoms with E-state index in [4.69, 9.17) is 9.47 Å². The fraction of sp³-hybridized carbons (Fsp3) is 0.556. The van der Waals surface area contributed by atoms with Crippen LogP contribution in [0.3, 0.4) is 0 Å². The van der Waals surface area contributed by atoms with Crippen LogP contribution in [0, 0.1) is 17.3 Å². The summed E-state index contributed by atoms with van der Waals surface area (Å²) in [6.07, 6.45) is 1.96. The number of thioether (sulfide) groups is 1. The maximum atomic E-state index is 12.3. The Labute approximate surface area is 141 Å². The molecule has 2 atom stereocenters. The van der Waals surface area contributed by atoms with E-state index in [-0.39, 0.29) is 0 Å². The highest BCUT2D eigenvalue weighted by atomic mass is 32.2. The molecule has 0 heterocycles. The minimum atomic E-state index is -1.13. The number of methoxy groups -OCH3 is 2. The third-order valence-corrected chi connectivity index (χ3v) is 5.97. The van der Waals surface area contributed by atoms with Crippen LogP contribution in [0.2, 0.25) is 0 Å². The molecule has 0 N–H and O–H groups in total. The molecule has 0 saturated heterocycles. The zero-order valence-corrected chi connectivity index (χ0v) is 14.7. The Hall–Kier alpha value is -1.49. The lowest BCUT2D eigenvalue weighted by atomic mass is 9.85. The van der Waals surface area contributed by atoms with E-state index in [0.29, 0.717) is 24.7 Å². The largest absolute Gasteiger partial charge is 0.468 e. The van der Waals surface area contributed by atoms with Crippen molar-refractivity contribution in [1.29, 1.82) is 0 Å². The van der Waals surface area contributed by atoms with Crippen LogP contribution in [0.5, 0.6) is 0 Å². The summed E-state index contributed by atoms with van der Waals surface area (Å²) >= 11 is 1.77.